The second-order valence-corrected chi connectivity index (χ2v) is 5.51. The maximum atomic E-state index is 11.9. The van der Waals surface area contributed by atoms with Gasteiger partial charge in [-0.05, 0) is 40.9 Å². The van der Waals surface area contributed by atoms with Crippen LogP contribution in [0.15, 0.2) is 27.8 Å². The van der Waals surface area contributed by atoms with Crippen LogP contribution in [0.4, 0.5) is 0 Å². The largest absolute Gasteiger partial charge is 0.501 e. The summed E-state index contributed by atoms with van der Waals surface area (Å²) in [7, 11) is 0. The van der Waals surface area contributed by atoms with Gasteiger partial charge in [-0.3, -0.25) is 4.79 Å². The van der Waals surface area contributed by atoms with Gasteiger partial charge >= 0.3 is 0 Å². The van der Waals surface area contributed by atoms with Crippen LogP contribution in [0.2, 0.25) is 0 Å². The lowest BCUT2D eigenvalue weighted by Crippen LogP contribution is -2.07. The molecule has 0 N–H and O–H groups in total. The third-order valence-corrected chi connectivity index (χ3v) is 3.64. The third-order valence-electron chi connectivity index (χ3n) is 2.02. The zero-order valence-corrected chi connectivity index (χ0v) is 9.86. The first-order chi connectivity index (χ1) is 6.77. The van der Waals surface area contributed by atoms with Gasteiger partial charge in [-0.2, -0.15) is 0 Å². The van der Waals surface area contributed by atoms with E-state index in [4.69, 9.17) is 4.74 Å². The second kappa shape index (κ2) is 4.28. The van der Waals surface area contributed by atoms with Gasteiger partial charge in [0.25, 0.3) is 0 Å². The molecule has 1 aliphatic rings. The van der Waals surface area contributed by atoms with Gasteiger partial charge in [-0.15, -0.1) is 11.3 Å². The van der Waals surface area contributed by atoms with Crippen molar-refractivity contribution in [3.63, 3.8) is 0 Å². The van der Waals surface area contributed by atoms with Gasteiger partial charge in [0, 0.05) is 5.57 Å². The Morgan fingerprint density at radius 2 is 2.36 bits per heavy atom. The molecule has 74 valence electrons. The third kappa shape index (κ3) is 2.07. The average Bonchev–Trinajstić information content (AvgIpc) is 2.65. The Labute approximate surface area is 94.7 Å². The fraction of sp³-hybridized carbons (Fsp3) is 0.300. The number of hydrogen-bond acceptors (Lipinski definition) is 3. The van der Waals surface area contributed by atoms with Crippen molar-refractivity contribution < 1.29 is 9.53 Å². The van der Waals surface area contributed by atoms with E-state index in [2.05, 4.69) is 15.9 Å². The van der Waals surface area contributed by atoms with Gasteiger partial charge in [0.15, 0.2) is 0 Å². The molecule has 0 unspecified atom stereocenters. The Morgan fingerprint density at radius 3 is 2.93 bits per heavy atom. The van der Waals surface area contributed by atoms with E-state index in [0.717, 1.165) is 33.7 Å². The maximum absolute atomic E-state index is 11.9. The summed E-state index contributed by atoms with van der Waals surface area (Å²) in [6, 6.07) is 3.73. The summed E-state index contributed by atoms with van der Waals surface area (Å²) in [5.41, 5.74) is 0.783. The summed E-state index contributed by atoms with van der Waals surface area (Å²) in [5, 5.41) is 0. The molecule has 2 heterocycles. The Balaban J connectivity index is 2.19. The van der Waals surface area contributed by atoms with Crippen LogP contribution in [-0.2, 0) is 4.74 Å². The van der Waals surface area contributed by atoms with E-state index in [1.165, 1.54) is 11.3 Å². The molecule has 0 fully saturated rings. The van der Waals surface area contributed by atoms with Crippen molar-refractivity contribution >= 4 is 33.0 Å². The minimum Gasteiger partial charge on any atom is -0.501 e. The van der Waals surface area contributed by atoms with Crippen LogP contribution >= 0.6 is 27.3 Å². The molecule has 0 saturated carbocycles. The Bertz CT molecular complexity index is 381. The lowest BCUT2D eigenvalue weighted by molar-refractivity contribution is 0.101. The molecule has 0 atom stereocenters. The molecule has 0 bridgehead atoms. The lowest BCUT2D eigenvalue weighted by atomic mass is 10.1. The maximum Gasteiger partial charge on any atom is 0.202 e. The number of rotatable bonds is 2. The number of thiophene rings is 1. The van der Waals surface area contributed by atoms with Crippen LogP contribution in [0.3, 0.4) is 0 Å². The summed E-state index contributed by atoms with van der Waals surface area (Å²) in [5.74, 6) is 0.0976. The number of hydrogen-bond donors (Lipinski definition) is 0. The molecule has 0 amide bonds. The number of ether oxygens (including phenoxy) is 1. The first kappa shape index (κ1) is 9.93. The van der Waals surface area contributed by atoms with E-state index < -0.39 is 0 Å². The molecular weight excluding hydrogens is 264 g/mol. The van der Waals surface area contributed by atoms with Gasteiger partial charge in [0.1, 0.15) is 0 Å². The molecule has 4 heteroatoms. The number of halogens is 1. The fourth-order valence-electron chi connectivity index (χ4n) is 1.33. The molecule has 0 saturated heterocycles. The molecule has 2 rings (SSSR count). The van der Waals surface area contributed by atoms with Crippen molar-refractivity contribution in [1.29, 1.82) is 0 Å². The first-order valence-electron chi connectivity index (χ1n) is 4.38. The molecule has 1 aromatic heterocycles. The van der Waals surface area contributed by atoms with E-state index in [0.29, 0.717) is 0 Å². The van der Waals surface area contributed by atoms with Crippen LogP contribution in [0.25, 0.3) is 0 Å². The number of allylic oxidation sites excluding steroid dienone is 1. The van der Waals surface area contributed by atoms with Gasteiger partial charge in [-0.25, -0.2) is 0 Å². The standard InChI is InChI=1S/C10H9BrO2S/c11-9-4-3-8(14-9)10(12)7-2-1-5-13-6-7/h3-4,6H,1-2,5H2. The molecule has 2 nitrogen and oxygen atoms in total. The van der Waals surface area contributed by atoms with Crippen LogP contribution in [0, 0.1) is 0 Å². The highest BCUT2D eigenvalue weighted by Gasteiger charge is 2.16. The van der Waals surface area contributed by atoms with E-state index in [9.17, 15) is 4.79 Å². The van der Waals surface area contributed by atoms with Crippen LogP contribution in [0.1, 0.15) is 22.5 Å². The summed E-state index contributed by atoms with van der Waals surface area (Å²) >= 11 is 4.80. The molecule has 0 aromatic carbocycles. The SMILES string of the molecule is O=C(C1=COCCC1)c1ccc(Br)s1. The topological polar surface area (TPSA) is 26.3 Å². The van der Waals surface area contributed by atoms with Crippen molar-refractivity contribution in [3.05, 3.63) is 32.6 Å². The highest BCUT2D eigenvalue weighted by atomic mass is 79.9. The molecule has 0 radical (unpaired) electrons. The van der Waals surface area contributed by atoms with Crippen molar-refractivity contribution in [3.8, 4) is 0 Å². The zero-order chi connectivity index (χ0) is 9.97. The molecule has 0 aliphatic carbocycles. The van der Waals surface area contributed by atoms with Gasteiger partial charge < -0.3 is 4.74 Å². The van der Waals surface area contributed by atoms with Gasteiger partial charge in [0.05, 0.1) is 21.5 Å². The van der Waals surface area contributed by atoms with Crippen LogP contribution in [0.5, 0.6) is 0 Å². The van der Waals surface area contributed by atoms with E-state index >= 15 is 0 Å². The quantitative estimate of drug-likeness (QED) is 0.772. The molecular formula is C10H9BrO2S. The number of ketones is 1. The van der Waals surface area contributed by atoms with Crippen molar-refractivity contribution in [2.45, 2.75) is 12.8 Å². The smallest absolute Gasteiger partial charge is 0.202 e. The number of carbonyl (C=O) groups is 1. The highest BCUT2D eigenvalue weighted by Crippen LogP contribution is 2.26. The average molecular weight is 273 g/mol. The van der Waals surface area contributed by atoms with Crippen LogP contribution < -0.4 is 0 Å². The molecule has 0 spiro atoms. The number of carbonyl (C=O) groups excluding carboxylic acids is 1. The zero-order valence-electron chi connectivity index (χ0n) is 7.46. The monoisotopic (exact) mass is 272 g/mol. The predicted molar refractivity (Wildman–Crippen MR) is 59.6 cm³/mol. The highest BCUT2D eigenvalue weighted by molar-refractivity contribution is 9.11. The van der Waals surface area contributed by atoms with Crippen LogP contribution in [-0.4, -0.2) is 12.4 Å². The Kier molecular flexibility index (Phi) is 3.03. The summed E-state index contributed by atoms with van der Waals surface area (Å²) < 4.78 is 6.13. The minimum absolute atomic E-state index is 0.0976. The second-order valence-electron chi connectivity index (χ2n) is 3.05. The fourth-order valence-corrected chi connectivity index (χ4v) is 2.69. The van der Waals surface area contributed by atoms with E-state index in [-0.39, 0.29) is 5.78 Å². The molecule has 1 aliphatic heterocycles. The molecule has 14 heavy (non-hydrogen) atoms. The van der Waals surface area contributed by atoms with Crippen molar-refractivity contribution in [1.82, 2.24) is 0 Å². The van der Waals surface area contributed by atoms with E-state index in [1.54, 1.807) is 6.26 Å². The van der Waals surface area contributed by atoms with Crippen molar-refractivity contribution in [2.75, 3.05) is 6.61 Å². The summed E-state index contributed by atoms with van der Waals surface area (Å²) in [6.45, 7) is 0.727. The van der Waals surface area contributed by atoms with Gasteiger partial charge in [-0.1, -0.05) is 0 Å². The normalized spacial score (nSPS) is 15.9. The summed E-state index contributed by atoms with van der Waals surface area (Å²) in [4.78, 5) is 12.6. The molecule has 1 aromatic rings. The van der Waals surface area contributed by atoms with E-state index in [1.807, 2.05) is 12.1 Å². The Hall–Kier alpha value is -0.610. The van der Waals surface area contributed by atoms with Crippen molar-refractivity contribution in [2.24, 2.45) is 0 Å². The van der Waals surface area contributed by atoms with Gasteiger partial charge in [0.2, 0.25) is 5.78 Å². The lowest BCUT2D eigenvalue weighted by Gasteiger charge is -2.11. The summed E-state index contributed by atoms with van der Waals surface area (Å²) in [6.07, 6.45) is 3.36. The first-order valence-corrected chi connectivity index (χ1v) is 5.99. The minimum atomic E-state index is 0.0976. The predicted octanol–water partition coefficient (Wildman–Crippen LogP) is 3.39. The Morgan fingerprint density at radius 1 is 1.50 bits per heavy atom. The number of Topliss-reactive ketones (excluding diaryl/α,β-unsaturated/α-hetero) is 1.